The van der Waals surface area contributed by atoms with Crippen molar-refractivity contribution < 1.29 is 4.79 Å². The van der Waals surface area contributed by atoms with Crippen molar-refractivity contribution >= 4 is 21.8 Å². The van der Waals surface area contributed by atoms with Crippen LogP contribution in [0.1, 0.15) is 61.4 Å². The van der Waals surface area contributed by atoms with Crippen molar-refractivity contribution in [3.05, 3.63) is 35.4 Å². The largest absolute Gasteiger partial charge is 0.349 e. The Kier molecular flexibility index (Phi) is 5.03. The van der Waals surface area contributed by atoms with E-state index in [0.717, 1.165) is 31.2 Å². The Morgan fingerprint density at radius 1 is 1.16 bits per heavy atom. The first-order valence-corrected chi connectivity index (χ1v) is 8.02. The van der Waals surface area contributed by atoms with Crippen molar-refractivity contribution in [2.75, 3.05) is 0 Å². The van der Waals surface area contributed by atoms with E-state index < -0.39 is 0 Å². The van der Waals surface area contributed by atoms with Crippen molar-refractivity contribution in [3.63, 3.8) is 0 Å². The van der Waals surface area contributed by atoms with Crippen molar-refractivity contribution in [2.24, 2.45) is 0 Å². The van der Waals surface area contributed by atoms with Crippen LogP contribution in [0.25, 0.3) is 0 Å². The van der Waals surface area contributed by atoms with Gasteiger partial charge in [-0.15, -0.1) is 0 Å². The van der Waals surface area contributed by atoms with Crippen LogP contribution in [0.3, 0.4) is 0 Å². The van der Waals surface area contributed by atoms with Gasteiger partial charge in [0.15, 0.2) is 0 Å². The minimum Gasteiger partial charge on any atom is -0.349 e. The first-order valence-electron chi connectivity index (χ1n) is 7.11. The van der Waals surface area contributed by atoms with Gasteiger partial charge in [0.2, 0.25) is 0 Å². The molecule has 0 heterocycles. The number of alkyl halides is 1. The van der Waals surface area contributed by atoms with Crippen LogP contribution in [-0.2, 0) is 0 Å². The Labute approximate surface area is 124 Å². The maximum absolute atomic E-state index is 12.2. The molecule has 1 aromatic rings. The van der Waals surface area contributed by atoms with Gasteiger partial charge in [-0.1, -0.05) is 41.9 Å². The molecule has 1 fully saturated rings. The summed E-state index contributed by atoms with van der Waals surface area (Å²) in [6.07, 6.45) is 4.45. The number of amides is 1. The quantitative estimate of drug-likeness (QED) is 0.828. The van der Waals surface area contributed by atoms with Gasteiger partial charge in [0.25, 0.3) is 5.91 Å². The average Bonchev–Trinajstić information content (AvgIpc) is 2.41. The Morgan fingerprint density at radius 3 is 2.26 bits per heavy atom. The number of halogens is 1. The minimum atomic E-state index is 0.0633. The number of nitrogens with one attached hydrogen (secondary N) is 1. The first kappa shape index (κ1) is 14.6. The molecular formula is C16H22BrNO. The second-order valence-corrected chi connectivity index (χ2v) is 6.99. The van der Waals surface area contributed by atoms with E-state index in [1.807, 2.05) is 12.1 Å². The molecule has 1 aromatic carbocycles. The molecule has 0 atom stereocenters. The monoisotopic (exact) mass is 323 g/mol. The van der Waals surface area contributed by atoms with Crippen molar-refractivity contribution in [1.82, 2.24) is 5.32 Å². The van der Waals surface area contributed by atoms with E-state index in [0.29, 0.717) is 16.8 Å². The second-order valence-electron chi connectivity index (χ2n) is 5.70. The fraction of sp³-hybridized carbons (Fsp3) is 0.562. The lowest BCUT2D eigenvalue weighted by atomic mass is 9.95. The van der Waals surface area contributed by atoms with Gasteiger partial charge in [0, 0.05) is 16.4 Å². The van der Waals surface area contributed by atoms with Gasteiger partial charge in [0.1, 0.15) is 0 Å². The number of carbonyl (C=O) groups is 1. The third kappa shape index (κ3) is 4.07. The average molecular weight is 324 g/mol. The molecule has 0 spiro atoms. The number of hydrogen-bond acceptors (Lipinski definition) is 1. The zero-order chi connectivity index (χ0) is 13.8. The van der Waals surface area contributed by atoms with Crippen LogP contribution < -0.4 is 5.32 Å². The van der Waals surface area contributed by atoms with Gasteiger partial charge in [-0.05, 0) is 49.3 Å². The predicted molar refractivity (Wildman–Crippen MR) is 83.0 cm³/mol. The molecule has 2 nitrogen and oxygen atoms in total. The molecule has 1 aliphatic carbocycles. The summed E-state index contributed by atoms with van der Waals surface area (Å²) in [6.45, 7) is 4.32. The van der Waals surface area contributed by atoms with Crippen LogP contribution in [0.4, 0.5) is 0 Å². The molecule has 0 radical (unpaired) electrons. The van der Waals surface area contributed by atoms with Crippen LogP contribution in [0.15, 0.2) is 24.3 Å². The lowest BCUT2D eigenvalue weighted by molar-refractivity contribution is 0.0928. The number of rotatable bonds is 3. The molecule has 1 saturated carbocycles. The molecule has 0 saturated heterocycles. The van der Waals surface area contributed by atoms with Crippen LogP contribution in [0.5, 0.6) is 0 Å². The summed E-state index contributed by atoms with van der Waals surface area (Å²) in [5.41, 5.74) is 2.04. The highest BCUT2D eigenvalue weighted by atomic mass is 79.9. The van der Waals surface area contributed by atoms with E-state index in [2.05, 4.69) is 47.2 Å². The number of hydrogen-bond donors (Lipinski definition) is 1. The number of carbonyl (C=O) groups excluding carboxylic acids is 1. The summed E-state index contributed by atoms with van der Waals surface area (Å²) in [5.74, 6) is 0.569. The third-order valence-corrected chi connectivity index (χ3v) is 4.75. The van der Waals surface area contributed by atoms with E-state index in [-0.39, 0.29) is 5.91 Å². The first-order chi connectivity index (χ1) is 9.06. The zero-order valence-electron chi connectivity index (χ0n) is 11.7. The topological polar surface area (TPSA) is 29.1 Å². The summed E-state index contributed by atoms with van der Waals surface area (Å²) < 4.78 is 0. The lowest BCUT2D eigenvalue weighted by Gasteiger charge is -2.26. The predicted octanol–water partition coefficient (Wildman–Crippen LogP) is 4.25. The van der Waals surface area contributed by atoms with Gasteiger partial charge in [-0.2, -0.15) is 0 Å². The molecule has 0 aromatic heterocycles. The Balaban J connectivity index is 1.92. The summed E-state index contributed by atoms with van der Waals surface area (Å²) in [5, 5.41) is 3.14. The van der Waals surface area contributed by atoms with E-state index in [4.69, 9.17) is 0 Å². The fourth-order valence-corrected chi connectivity index (χ4v) is 3.01. The molecule has 1 aliphatic rings. The maximum atomic E-state index is 12.2. The minimum absolute atomic E-state index is 0.0633. The summed E-state index contributed by atoms with van der Waals surface area (Å²) in [4.78, 5) is 12.8. The van der Waals surface area contributed by atoms with Crippen molar-refractivity contribution in [2.45, 2.75) is 56.3 Å². The van der Waals surface area contributed by atoms with Crippen LogP contribution in [0, 0.1) is 0 Å². The fourth-order valence-electron chi connectivity index (χ4n) is 2.49. The van der Waals surface area contributed by atoms with Gasteiger partial charge in [0.05, 0.1) is 0 Å². The van der Waals surface area contributed by atoms with Crippen molar-refractivity contribution in [1.29, 1.82) is 0 Å². The molecule has 1 amide bonds. The second kappa shape index (κ2) is 6.56. The van der Waals surface area contributed by atoms with E-state index in [1.54, 1.807) is 0 Å². The maximum Gasteiger partial charge on any atom is 0.251 e. The summed E-state index contributed by atoms with van der Waals surface area (Å²) >= 11 is 3.64. The van der Waals surface area contributed by atoms with Crippen LogP contribution >= 0.6 is 15.9 Å². The molecule has 0 bridgehead atoms. The summed E-state index contributed by atoms with van der Waals surface area (Å²) in [7, 11) is 0. The van der Waals surface area contributed by atoms with E-state index >= 15 is 0 Å². The molecule has 0 aliphatic heterocycles. The normalized spacial score (nSPS) is 23.4. The molecule has 104 valence electrons. The number of benzene rings is 1. The highest BCUT2D eigenvalue weighted by molar-refractivity contribution is 9.09. The van der Waals surface area contributed by atoms with E-state index in [9.17, 15) is 4.79 Å². The molecule has 2 rings (SSSR count). The highest BCUT2D eigenvalue weighted by Crippen LogP contribution is 2.24. The van der Waals surface area contributed by atoms with Gasteiger partial charge in [-0.25, -0.2) is 0 Å². The van der Waals surface area contributed by atoms with Crippen LogP contribution in [-0.4, -0.2) is 16.8 Å². The van der Waals surface area contributed by atoms with Crippen LogP contribution in [0.2, 0.25) is 0 Å². The standard InChI is InChI=1S/C16H22BrNO/c1-11(2)12-3-5-13(6-4-12)16(19)18-15-9-7-14(17)8-10-15/h3-6,11,14-15H,7-10H2,1-2H3,(H,18,19). The van der Waals surface area contributed by atoms with Gasteiger partial charge >= 0.3 is 0 Å². The highest BCUT2D eigenvalue weighted by Gasteiger charge is 2.21. The Morgan fingerprint density at radius 2 is 1.74 bits per heavy atom. The molecule has 1 N–H and O–H groups in total. The van der Waals surface area contributed by atoms with E-state index in [1.165, 1.54) is 5.56 Å². The molecule has 3 heteroatoms. The Bertz CT molecular complexity index is 419. The molecule has 19 heavy (non-hydrogen) atoms. The SMILES string of the molecule is CC(C)c1ccc(C(=O)NC2CCC(Br)CC2)cc1. The van der Waals surface area contributed by atoms with Crippen molar-refractivity contribution in [3.8, 4) is 0 Å². The van der Waals surface area contributed by atoms with Gasteiger partial charge in [-0.3, -0.25) is 4.79 Å². The zero-order valence-corrected chi connectivity index (χ0v) is 13.2. The molecule has 0 unspecified atom stereocenters. The molecular weight excluding hydrogens is 302 g/mol. The summed E-state index contributed by atoms with van der Waals surface area (Å²) in [6, 6.07) is 8.30. The Hall–Kier alpha value is -0.830. The third-order valence-electron chi connectivity index (χ3n) is 3.83. The smallest absolute Gasteiger partial charge is 0.251 e. The van der Waals surface area contributed by atoms with Gasteiger partial charge < -0.3 is 5.32 Å². The lowest BCUT2D eigenvalue weighted by Crippen LogP contribution is -2.37.